The van der Waals surface area contributed by atoms with E-state index in [1.54, 1.807) is 7.11 Å². The van der Waals surface area contributed by atoms with Crippen molar-refractivity contribution in [2.75, 3.05) is 33.5 Å². The van der Waals surface area contributed by atoms with E-state index in [9.17, 15) is 4.39 Å². The van der Waals surface area contributed by atoms with Gasteiger partial charge in [-0.15, -0.1) is 0 Å². The van der Waals surface area contributed by atoms with Gasteiger partial charge >= 0.3 is 0 Å². The number of piperidine rings is 1. The molecule has 1 aromatic carbocycles. The van der Waals surface area contributed by atoms with E-state index in [1.165, 1.54) is 18.4 Å². The van der Waals surface area contributed by atoms with Gasteiger partial charge in [0.2, 0.25) is 0 Å². The maximum Gasteiger partial charge on any atom is 0.161 e. The highest BCUT2D eigenvalue weighted by atomic mass is 19.1. The van der Waals surface area contributed by atoms with Gasteiger partial charge in [0.1, 0.15) is 13.3 Å². The van der Waals surface area contributed by atoms with Gasteiger partial charge in [0.25, 0.3) is 0 Å². The van der Waals surface area contributed by atoms with Crippen LogP contribution in [0.1, 0.15) is 24.3 Å². The molecular weight excluding hydrogens is 233 g/mol. The van der Waals surface area contributed by atoms with Crippen LogP contribution >= 0.6 is 0 Å². The lowest BCUT2D eigenvalue weighted by Crippen LogP contribution is -2.28. The number of hydrogen-bond acceptors (Lipinski definition) is 3. The van der Waals surface area contributed by atoms with E-state index in [1.807, 2.05) is 18.2 Å². The van der Waals surface area contributed by atoms with Crippen molar-refractivity contribution >= 4 is 0 Å². The molecule has 1 aromatic rings. The summed E-state index contributed by atoms with van der Waals surface area (Å²) in [5.41, 5.74) is 1.26. The third-order valence-corrected chi connectivity index (χ3v) is 3.29. The Morgan fingerprint density at radius 3 is 2.94 bits per heavy atom. The van der Waals surface area contributed by atoms with Crippen molar-refractivity contribution in [1.29, 1.82) is 0 Å². The first kappa shape index (κ1) is 13.1. The smallest absolute Gasteiger partial charge is 0.161 e. The predicted molar refractivity (Wildman–Crippen MR) is 69.3 cm³/mol. The molecule has 1 heterocycles. The molecule has 1 fully saturated rings. The van der Waals surface area contributed by atoms with E-state index in [4.69, 9.17) is 9.47 Å². The Kier molecular flexibility index (Phi) is 4.81. The molecule has 1 saturated heterocycles. The Labute approximate surface area is 107 Å². The molecule has 1 aliphatic heterocycles. The fourth-order valence-corrected chi connectivity index (χ4v) is 2.34. The summed E-state index contributed by atoms with van der Waals surface area (Å²) >= 11 is 0. The zero-order valence-electron chi connectivity index (χ0n) is 10.7. The minimum atomic E-state index is -0.489. The van der Waals surface area contributed by atoms with Gasteiger partial charge in [0.05, 0.1) is 7.11 Å². The summed E-state index contributed by atoms with van der Waals surface area (Å²) < 4.78 is 22.7. The number of halogens is 1. The topological polar surface area (TPSA) is 30.5 Å². The Balaban J connectivity index is 2.12. The van der Waals surface area contributed by atoms with Gasteiger partial charge in [0, 0.05) is 6.54 Å². The first-order valence-corrected chi connectivity index (χ1v) is 6.42. The molecule has 1 N–H and O–H groups in total. The lowest BCUT2D eigenvalue weighted by Gasteiger charge is -2.23. The van der Waals surface area contributed by atoms with E-state index < -0.39 is 6.67 Å². The lowest BCUT2D eigenvalue weighted by atomic mass is 9.91. The van der Waals surface area contributed by atoms with Crippen LogP contribution in [0.25, 0.3) is 0 Å². The Hall–Kier alpha value is -1.29. The molecule has 1 aliphatic rings. The summed E-state index contributed by atoms with van der Waals surface area (Å²) in [6.45, 7) is 1.69. The third kappa shape index (κ3) is 3.13. The van der Waals surface area contributed by atoms with Gasteiger partial charge in [-0.25, -0.2) is 4.39 Å². The van der Waals surface area contributed by atoms with Crippen molar-refractivity contribution in [3.05, 3.63) is 23.8 Å². The summed E-state index contributed by atoms with van der Waals surface area (Å²) in [4.78, 5) is 0. The maximum absolute atomic E-state index is 12.1. The van der Waals surface area contributed by atoms with Crippen LogP contribution in [0.2, 0.25) is 0 Å². The van der Waals surface area contributed by atoms with Gasteiger partial charge in [-0.1, -0.05) is 6.07 Å². The lowest BCUT2D eigenvalue weighted by molar-refractivity contribution is 0.260. The summed E-state index contributed by atoms with van der Waals surface area (Å²) in [7, 11) is 1.61. The normalized spacial score (nSPS) is 19.6. The summed E-state index contributed by atoms with van der Waals surface area (Å²) in [6.07, 6.45) is 2.40. The summed E-state index contributed by atoms with van der Waals surface area (Å²) in [5.74, 6) is 1.83. The number of alkyl halides is 1. The van der Waals surface area contributed by atoms with Crippen molar-refractivity contribution in [3.63, 3.8) is 0 Å². The van der Waals surface area contributed by atoms with Crippen molar-refractivity contribution in [2.45, 2.75) is 18.8 Å². The predicted octanol–water partition coefficient (Wildman–Crippen LogP) is 2.51. The van der Waals surface area contributed by atoms with Gasteiger partial charge in [0.15, 0.2) is 11.5 Å². The van der Waals surface area contributed by atoms with Crippen molar-refractivity contribution in [2.24, 2.45) is 0 Å². The van der Waals surface area contributed by atoms with E-state index in [0.29, 0.717) is 17.4 Å². The minimum absolute atomic E-state index is 0.0701. The molecule has 0 spiro atoms. The molecule has 1 unspecified atom stereocenters. The second kappa shape index (κ2) is 6.59. The molecule has 0 radical (unpaired) electrons. The maximum atomic E-state index is 12.1. The van der Waals surface area contributed by atoms with E-state index in [0.717, 1.165) is 13.1 Å². The highest BCUT2D eigenvalue weighted by Gasteiger charge is 2.17. The molecule has 0 bridgehead atoms. The first-order valence-electron chi connectivity index (χ1n) is 6.42. The molecule has 0 saturated carbocycles. The van der Waals surface area contributed by atoms with Crippen LogP contribution in [0.3, 0.4) is 0 Å². The molecule has 0 aromatic heterocycles. The number of benzene rings is 1. The number of nitrogens with one attached hydrogen (secondary N) is 1. The quantitative estimate of drug-likeness (QED) is 0.874. The summed E-state index contributed by atoms with van der Waals surface area (Å²) in [6, 6.07) is 5.93. The van der Waals surface area contributed by atoms with Crippen LogP contribution in [-0.2, 0) is 0 Å². The molecule has 100 valence electrons. The number of hydrogen-bond donors (Lipinski definition) is 1. The highest BCUT2D eigenvalue weighted by molar-refractivity contribution is 5.44. The second-order valence-electron chi connectivity index (χ2n) is 4.49. The van der Waals surface area contributed by atoms with Crippen LogP contribution < -0.4 is 14.8 Å². The van der Waals surface area contributed by atoms with Gasteiger partial charge in [-0.3, -0.25) is 0 Å². The SMILES string of the molecule is COc1cc(C2CCCNC2)ccc1OCCF. The molecule has 0 amide bonds. The van der Waals surface area contributed by atoms with E-state index >= 15 is 0 Å². The van der Waals surface area contributed by atoms with Gasteiger partial charge < -0.3 is 14.8 Å². The largest absolute Gasteiger partial charge is 0.493 e. The zero-order valence-corrected chi connectivity index (χ0v) is 10.7. The van der Waals surface area contributed by atoms with Gasteiger partial charge in [-0.2, -0.15) is 0 Å². The molecule has 1 atom stereocenters. The molecule has 3 nitrogen and oxygen atoms in total. The number of rotatable bonds is 5. The standard InChI is InChI=1S/C14H20FNO2/c1-17-14-9-11(12-3-2-7-16-10-12)4-5-13(14)18-8-6-15/h4-5,9,12,16H,2-3,6-8,10H2,1H3. The third-order valence-electron chi connectivity index (χ3n) is 3.29. The molecular formula is C14H20FNO2. The van der Waals surface area contributed by atoms with Crippen LogP contribution in [-0.4, -0.2) is 33.5 Å². The Bertz CT molecular complexity index is 378. The Morgan fingerprint density at radius 1 is 1.39 bits per heavy atom. The van der Waals surface area contributed by atoms with E-state index in [2.05, 4.69) is 5.32 Å². The van der Waals surface area contributed by atoms with Crippen LogP contribution in [0, 0.1) is 0 Å². The zero-order chi connectivity index (χ0) is 12.8. The minimum Gasteiger partial charge on any atom is -0.493 e. The number of methoxy groups -OCH3 is 1. The molecule has 18 heavy (non-hydrogen) atoms. The summed E-state index contributed by atoms with van der Waals surface area (Å²) in [5, 5.41) is 3.40. The Morgan fingerprint density at radius 2 is 2.28 bits per heavy atom. The van der Waals surface area contributed by atoms with E-state index in [-0.39, 0.29) is 6.61 Å². The fourth-order valence-electron chi connectivity index (χ4n) is 2.34. The average Bonchev–Trinajstić information content (AvgIpc) is 2.46. The van der Waals surface area contributed by atoms with Crippen LogP contribution in [0.5, 0.6) is 11.5 Å². The van der Waals surface area contributed by atoms with Crippen molar-refractivity contribution in [1.82, 2.24) is 5.32 Å². The average molecular weight is 253 g/mol. The monoisotopic (exact) mass is 253 g/mol. The second-order valence-corrected chi connectivity index (χ2v) is 4.49. The molecule has 2 rings (SSSR count). The highest BCUT2D eigenvalue weighted by Crippen LogP contribution is 2.32. The van der Waals surface area contributed by atoms with Crippen LogP contribution in [0.4, 0.5) is 4.39 Å². The number of ether oxygens (including phenoxy) is 2. The van der Waals surface area contributed by atoms with Crippen molar-refractivity contribution < 1.29 is 13.9 Å². The fraction of sp³-hybridized carbons (Fsp3) is 0.571. The molecule has 0 aliphatic carbocycles. The van der Waals surface area contributed by atoms with Crippen molar-refractivity contribution in [3.8, 4) is 11.5 Å². The van der Waals surface area contributed by atoms with Gasteiger partial charge in [-0.05, 0) is 43.0 Å². The molecule has 4 heteroatoms. The van der Waals surface area contributed by atoms with Crippen LogP contribution in [0.15, 0.2) is 18.2 Å². The first-order chi connectivity index (χ1) is 8.85.